The van der Waals surface area contributed by atoms with E-state index in [9.17, 15) is 49.5 Å². The Morgan fingerprint density at radius 1 is 0.907 bits per heavy atom. The van der Waals surface area contributed by atoms with E-state index in [-0.39, 0.29) is 47.9 Å². The molecule has 3 fully saturated rings. The number of aliphatic hydroxyl groups excluding tert-OH is 4. The van der Waals surface area contributed by atoms with Crippen molar-refractivity contribution in [1.29, 1.82) is 0 Å². The normalized spacial score (nSPS) is 23.5. The SMILES string of the molecule is CCCCCCO[C@]1(C(=O)O)C[C@H](O)[C@@H](NC(=O)CO)[C@H]([C@H](O)[C@H](O)CNC(=O)Cc2ccc(-c3cn(CCOCC(C)(C)COCC(C)(C)COCCNC(=O)CCCC[C@@H]4SCC5NC(=O)N[C@@H]54)nn3)cc2)O1. The minimum absolute atomic E-state index is 0.0192. The number of unbranched alkanes of at least 4 members (excludes halogenated alkanes) is 4. The summed E-state index contributed by atoms with van der Waals surface area (Å²) >= 11 is 1.89. The van der Waals surface area contributed by atoms with Crippen LogP contribution in [0.3, 0.4) is 0 Å². The van der Waals surface area contributed by atoms with Crippen LogP contribution in [0.1, 0.15) is 98.0 Å². The van der Waals surface area contributed by atoms with E-state index in [0.717, 1.165) is 49.8 Å². The highest BCUT2D eigenvalue weighted by molar-refractivity contribution is 8.00. The molecule has 0 aliphatic carbocycles. The molecule has 10 N–H and O–H groups in total. The Bertz CT molecular complexity index is 2120. The monoisotopic (exact) mass is 1080 g/mol. The van der Waals surface area contributed by atoms with E-state index in [1.54, 1.807) is 35.1 Å². The Labute approximate surface area is 443 Å². The first kappa shape index (κ1) is 61.4. The highest BCUT2D eigenvalue weighted by atomic mass is 32.2. The van der Waals surface area contributed by atoms with Gasteiger partial charge >= 0.3 is 12.0 Å². The number of carbonyl (C=O) groups is 5. The van der Waals surface area contributed by atoms with Crippen molar-refractivity contribution < 1.29 is 73.2 Å². The summed E-state index contributed by atoms with van der Waals surface area (Å²) in [6, 6.07) is 5.97. The predicted octanol–water partition coefficient (Wildman–Crippen LogP) is 1.27. The number of hydrogen-bond acceptors (Lipinski definition) is 17. The van der Waals surface area contributed by atoms with Crippen molar-refractivity contribution in [3.63, 3.8) is 0 Å². The van der Waals surface area contributed by atoms with Crippen LogP contribution in [-0.2, 0) is 55.8 Å². The second-order valence-electron chi connectivity index (χ2n) is 21.3. The zero-order valence-electron chi connectivity index (χ0n) is 44.1. The average molecular weight is 1080 g/mol. The van der Waals surface area contributed by atoms with Gasteiger partial charge in [-0.15, -0.1) is 5.10 Å². The molecule has 422 valence electrons. The summed E-state index contributed by atoms with van der Waals surface area (Å²) in [6.07, 6.45) is 0.421. The smallest absolute Gasteiger partial charge is 0.364 e. The number of nitrogens with zero attached hydrogens (tertiary/aromatic N) is 3. The summed E-state index contributed by atoms with van der Waals surface area (Å²) in [5.41, 5.74) is 1.53. The number of amides is 5. The van der Waals surface area contributed by atoms with Crippen LogP contribution in [0.5, 0.6) is 0 Å². The summed E-state index contributed by atoms with van der Waals surface area (Å²) in [5.74, 6) is -4.45. The van der Waals surface area contributed by atoms with Gasteiger partial charge < -0.3 is 75.8 Å². The van der Waals surface area contributed by atoms with Crippen molar-refractivity contribution >= 4 is 41.5 Å². The molecule has 0 bridgehead atoms. The molecule has 1 unspecified atom stereocenters. The van der Waals surface area contributed by atoms with E-state index in [1.165, 1.54) is 0 Å². The average Bonchev–Trinajstić information content (AvgIpc) is 4.10. The van der Waals surface area contributed by atoms with Crippen LogP contribution in [0.25, 0.3) is 11.3 Å². The number of thioether (sulfide) groups is 1. The minimum Gasteiger partial charge on any atom is -0.477 e. The topological polar surface area (TPSA) is 324 Å². The second-order valence-corrected chi connectivity index (χ2v) is 22.6. The van der Waals surface area contributed by atoms with Crippen LogP contribution in [0, 0.1) is 10.8 Å². The van der Waals surface area contributed by atoms with E-state index in [4.69, 9.17) is 23.7 Å². The maximum Gasteiger partial charge on any atom is 0.364 e. The van der Waals surface area contributed by atoms with E-state index >= 15 is 0 Å². The molecule has 23 nitrogen and oxygen atoms in total. The number of rotatable bonds is 35. The number of carbonyl (C=O) groups excluding carboxylic acids is 4. The summed E-state index contributed by atoms with van der Waals surface area (Å²) in [5, 5.41) is 75.3. The highest BCUT2D eigenvalue weighted by Crippen LogP contribution is 2.35. The van der Waals surface area contributed by atoms with Gasteiger partial charge in [-0.25, -0.2) is 14.3 Å². The lowest BCUT2D eigenvalue weighted by Crippen LogP contribution is -2.68. The molecule has 4 heterocycles. The van der Waals surface area contributed by atoms with Crippen LogP contribution >= 0.6 is 11.8 Å². The van der Waals surface area contributed by atoms with Gasteiger partial charge in [-0.05, 0) is 24.8 Å². The Balaban J connectivity index is 0.945. The molecule has 1 aromatic carbocycles. The number of benzene rings is 1. The third-order valence-corrected chi connectivity index (χ3v) is 14.7. The molecule has 0 saturated carbocycles. The molecule has 0 spiro atoms. The number of aliphatic carboxylic acids is 1. The molecule has 75 heavy (non-hydrogen) atoms. The predicted molar refractivity (Wildman–Crippen MR) is 276 cm³/mol. The van der Waals surface area contributed by atoms with E-state index in [0.29, 0.717) is 82.1 Å². The first-order valence-electron chi connectivity index (χ1n) is 26.2. The molecular formula is C51H82N8O15S. The third kappa shape index (κ3) is 19.8. The van der Waals surface area contributed by atoms with Gasteiger partial charge in [0, 0.05) is 53.3 Å². The molecule has 1 aromatic heterocycles. The molecule has 24 heteroatoms. The number of fused-ring (bicyclic) bond motifs is 1. The van der Waals surface area contributed by atoms with Gasteiger partial charge in [0.2, 0.25) is 17.7 Å². The quantitative estimate of drug-likeness (QED) is 0.0343. The number of hydrogen-bond donors (Lipinski definition) is 10. The standard InChI is InChI=1S/C51H82N8O15S/c1-6-7-8-11-20-73-51(47(67)68)24-37(61)44(55-42(65)27-60)46(74-51)45(66)38(62)25-53-41(64)23-33-14-16-34(17-15-33)35-26-59(58-57-35)19-22-71-30-50(4,5)32-72-31-49(2,3)29-70-21-18-52-40(63)13-10-9-12-39-43-36(28-75-39)54-48(69)56-43/h14-17,26,36-39,43-46,60-62,66H,6-13,18-25,27-32H2,1-5H3,(H,52,63)(H,53,64)(H,55,65)(H,67,68)(H2,54,56,69)/t36?,37-,38+,39-,43-,44+,45+,46+,51+/m0/s1. The number of nitrogens with one attached hydrogen (secondary N) is 5. The Kier molecular flexibility index (Phi) is 24.4. The molecule has 5 rings (SSSR count). The van der Waals surface area contributed by atoms with Crippen LogP contribution < -0.4 is 26.6 Å². The molecule has 0 radical (unpaired) electrons. The number of aliphatic hydroxyl groups is 4. The number of ether oxygens (including phenoxy) is 5. The van der Waals surface area contributed by atoms with Gasteiger partial charge in [0.05, 0.1) is 95.7 Å². The molecule has 3 saturated heterocycles. The summed E-state index contributed by atoms with van der Waals surface area (Å²) in [6.45, 7) is 12.5. The van der Waals surface area contributed by atoms with Crippen LogP contribution in [0.4, 0.5) is 4.79 Å². The lowest BCUT2D eigenvalue weighted by Gasteiger charge is -2.46. The van der Waals surface area contributed by atoms with Crippen molar-refractivity contribution in [2.45, 2.75) is 159 Å². The lowest BCUT2D eigenvalue weighted by atomic mass is 9.88. The first-order chi connectivity index (χ1) is 35.7. The second kappa shape index (κ2) is 29.9. The van der Waals surface area contributed by atoms with Gasteiger partial charge in [0.1, 0.15) is 24.5 Å². The number of carboxylic acids is 1. The molecule has 3 aliphatic rings. The number of urea groups is 1. The summed E-state index contributed by atoms with van der Waals surface area (Å²) < 4.78 is 31.1. The van der Waals surface area contributed by atoms with E-state index in [2.05, 4.69) is 64.6 Å². The van der Waals surface area contributed by atoms with Gasteiger partial charge in [-0.3, -0.25) is 14.4 Å². The summed E-state index contributed by atoms with van der Waals surface area (Å²) in [4.78, 5) is 61.4. The Hall–Kier alpha value is -4.50. The van der Waals surface area contributed by atoms with Crippen molar-refractivity contribution in [2.24, 2.45) is 10.8 Å². The fourth-order valence-corrected chi connectivity index (χ4v) is 10.6. The van der Waals surface area contributed by atoms with Crippen LogP contribution in [0.15, 0.2) is 30.5 Å². The van der Waals surface area contributed by atoms with Crippen molar-refractivity contribution in [2.75, 3.05) is 71.7 Å². The number of aromatic nitrogens is 3. The molecule has 9 atom stereocenters. The van der Waals surface area contributed by atoms with Crippen LogP contribution in [0.2, 0.25) is 0 Å². The third-order valence-electron chi connectivity index (χ3n) is 13.2. The lowest BCUT2D eigenvalue weighted by molar-refractivity contribution is -0.310. The molecule has 3 aliphatic heterocycles. The van der Waals surface area contributed by atoms with Gasteiger partial charge in [-0.1, -0.05) is 89.8 Å². The maximum atomic E-state index is 13.0. The molecule has 5 amide bonds. The molecular weight excluding hydrogens is 997 g/mol. The Morgan fingerprint density at radius 3 is 2.31 bits per heavy atom. The van der Waals surface area contributed by atoms with Gasteiger partial charge in [0.25, 0.3) is 5.79 Å². The van der Waals surface area contributed by atoms with Crippen molar-refractivity contribution in [3.8, 4) is 11.3 Å². The van der Waals surface area contributed by atoms with E-state index in [1.807, 2.05) is 18.7 Å². The zero-order chi connectivity index (χ0) is 54.6. The highest BCUT2D eigenvalue weighted by Gasteiger charge is 2.56. The zero-order valence-corrected chi connectivity index (χ0v) is 44.9. The minimum atomic E-state index is -2.40. The number of carboxylic acid groups (broad SMARTS) is 1. The maximum absolute atomic E-state index is 13.0. The van der Waals surface area contributed by atoms with Crippen molar-refractivity contribution in [3.05, 3.63) is 36.0 Å². The fraction of sp³-hybridized carbons (Fsp3) is 0.745. The van der Waals surface area contributed by atoms with Gasteiger partial charge in [0.15, 0.2) is 0 Å². The van der Waals surface area contributed by atoms with Crippen molar-refractivity contribution in [1.82, 2.24) is 41.6 Å². The Morgan fingerprint density at radius 2 is 1.61 bits per heavy atom. The van der Waals surface area contributed by atoms with E-state index < -0.39 is 73.6 Å². The largest absolute Gasteiger partial charge is 0.477 e. The summed E-state index contributed by atoms with van der Waals surface area (Å²) in [7, 11) is 0. The van der Waals surface area contributed by atoms with Gasteiger partial charge in [-0.2, -0.15) is 11.8 Å². The fourth-order valence-electron chi connectivity index (χ4n) is 9.02. The molecule has 2 aromatic rings. The van der Waals surface area contributed by atoms with Crippen LogP contribution in [-0.4, -0.2) is 196 Å². The first-order valence-corrected chi connectivity index (χ1v) is 27.2.